The van der Waals surface area contributed by atoms with E-state index in [1.54, 1.807) is 66.7 Å². The van der Waals surface area contributed by atoms with Crippen molar-refractivity contribution in [3.8, 4) is 0 Å². The number of rotatable bonds is 6. The first-order chi connectivity index (χ1) is 12.2. The third kappa shape index (κ3) is 3.89. The average molecular weight is 332 g/mol. The van der Waals surface area contributed by atoms with Gasteiger partial charge in [0.15, 0.2) is 11.6 Å². The number of carbonyl (C=O) groups excluding carboxylic acids is 2. The molecule has 3 aromatic carbocycles. The van der Waals surface area contributed by atoms with Crippen LogP contribution in [0.25, 0.3) is 0 Å². The minimum atomic E-state index is -0.851. The van der Waals surface area contributed by atoms with Gasteiger partial charge in [-0.2, -0.15) is 0 Å². The van der Waals surface area contributed by atoms with Crippen LogP contribution in [0, 0.1) is 5.82 Å². The highest BCUT2D eigenvalue weighted by molar-refractivity contribution is 6.06. The normalized spacial score (nSPS) is 11.7. The van der Waals surface area contributed by atoms with E-state index < -0.39 is 11.7 Å². The van der Waals surface area contributed by atoms with Gasteiger partial charge in [-0.3, -0.25) is 9.59 Å². The number of carbonyl (C=O) groups is 2. The van der Waals surface area contributed by atoms with Crippen molar-refractivity contribution in [1.82, 2.24) is 0 Å². The molecular formula is C22H17FO2. The highest BCUT2D eigenvalue weighted by Crippen LogP contribution is 2.28. The summed E-state index contributed by atoms with van der Waals surface area (Å²) >= 11 is 0. The zero-order chi connectivity index (χ0) is 17.6. The van der Waals surface area contributed by atoms with Crippen LogP contribution in [0.2, 0.25) is 0 Å². The predicted molar refractivity (Wildman–Crippen MR) is 95.3 cm³/mol. The number of ketones is 2. The Morgan fingerprint density at radius 3 is 1.84 bits per heavy atom. The van der Waals surface area contributed by atoms with Crippen molar-refractivity contribution in [3.63, 3.8) is 0 Å². The van der Waals surface area contributed by atoms with Gasteiger partial charge in [0.2, 0.25) is 0 Å². The minimum Gasteiger partial charge on any atom is -0.294 e. The van der Waals surface area contributed by atoms with E-state index in [1.165, 1.54) is 6.07 Å². The molecule has 3 aromatic rings. The molecule has 0 spiro atoms. The first-order valence-electron chi connectivity index (χ1n) is 8.09. The summed E-state index contributed by atoms with van der Waals surface area (Å²) in [6.45, 7) is 0. The Bertz CT molecular complexity index is 873. The van der Waals surface area contributed by atoms with Gasteiger partial charge in [0, 0.05) is 17.5 Å². The highest BCUT2D eigenvalue weighted by Gasteiger charge is 2.27. The fourth-order valence-electron chi connectivity index (χ4n) is 2.83. The fourth-order valence-corrected chi connectivity index (χ4v) is 2.83. The molecule has 1 unspecified atom stereocenters. The van der Waals surface area contributed by atoms with Crippen LogP contribution in [0.5, 0.6) is 0 Å². The molecule has 0 radical (unpaired) electrons. The van der Waals surface area contributed by atoms with E-state index in [2.05, 4.69) is 0 Å². The maximum absolute atomic E-state index is 14.3. The van der Waals surface area contributed by atoms with Crippen LogP contribution in [-0.2, 0) is 0 Å². The highest BCUT2D eigenvalue weighted by atomic mass is 19.1. The molecule has 3 heteroatoms. The molecule has 0 amide bonds. The summed E-state index contributed by atoms with van der Waals surface area (Å²) < 4.78 is 14.3. The molecule has 0 bridgehead atoms. The lowest BCUT2D eigenvalue weighted by molar-refractivity contribution is 0.0892. The number of benzene rings is 3. The molecule has 0 aromatic heterocycles. The lowest BCUT2D eigenvalue weighted by Gasteiger charge is -2.17. The Balaban J connectivity index is 1.96. The number of hydrogen-bond acceptors (Lipinski definition) is 2. The molecule has 0 N–H and O–H groups in total. The molecule has 3 rings (SSSR count). The Labute approximate surface area is 145 Å². The number of halogens is 1. The Morgan fingerprint density at radius 2 is 1.24 bits per heavy atom. The van der Waals surface area contributed by atoms with E-state index in [4.69, 9.17) is 0 Å². The van der Waals surface area contributed by atoms with Gasteiger partial charge in [0.25, 0.3) is 0 Å². The first kappa shape index (κ1) is 16.8. The Hall–Kier alpha value is -3.07. The van der Waals surface area contributed by atoms with Crippen LogP contribution < -0.4 is 0 Å². The summed E-state index contributed by atoms with van der Waals surface area (Å²) in [5.74, 6) is -1.76. The summed E-state index contributed by atoms with van der Waals surface area (Å²) in [5, 5.41) is 0. The van der Waals surface area contributed by atoms with Gasteiger partial charge < -0.3 is 0 Å². The summed E-state index contributed by atoms with van der Waals surface area (Å²) in [4.78, 5) is 25.5. The zero-order valence-corrected chi connectivity index (χ0v) is 13.6. The van der Waals surface area contributed by atoms with Crippen LogP contribution in [0.3, 0.4) is 0 Å². The molecular weight excluding hydrogens is 315 g/mol. The lowest BCUT2D eigenvalue weighted by Crippen LogP contribution is -2.18. The smallest absolute Gasteiger partial charge is 0.170 e. The molecule has 2 nitrogen and oxygen atoms in total. The van der Waals surface area contributed by atoms with Crippen molar-refractivity contribution in [2.75, 3.05) is 0 Å². The van der Waals surface area contributed by atoms with E-state index in [0.29, 0.717) is 11.1 Å². The van der Waals surface area contributed by atoms with E-state index in [1.807, 2.05) is 12.1 Å². The van der Waals surface area contributed by atoms with Gasteiger partial charge in [0.05, 0.1) is 5.92 Å². The summed E-state index contributed by atoms with van der Waals surface area (Å²) in [6, 6.07) is 23.6. The molecule has 0 heterocycles. The molecule has 0 aliphatic heterocycles. The lowest BCUT2D eigenvalue weighted by atomic mass is 9.85. The SMILES string of the molecule is O=C(CC(C(=O)c1ccccc1)c1ccccc1F)c1ccccc1. The molecule has 25 heavy (non-hydrogen) atoms. The number of Topliss-reactive ketones (excluding diaryl/α,β-unsaturated/α-hetero) is 2. The van der Waals surface area contributed by atoms with Crippen LogP contribution in [-0.4, -0.2) is 11.6 Å². The van der Waals surface area contributed by atoms with Crippen molar-refractivity contribution in [2.24, 2.45) is 0 Å². The van der Waals surface area contributed by atoms with Gasteiger partial charge >= 0.3 is 0 Å². The van der Waals surface area contributed by atoms with E-state index in [9.17, 15) is 14.0 Å². The first-order valence-corrected chi connectivity index (χ1v) is 8.09. The summed E-state index contributed by atoms with van der Waals surface area (Å²) in [7, 11) is 0. The third-order valence-electron chi connectivity index (χ3n) is 4.14. The number of hydrogen-bond donors (Lipinski definition) is 0. The fraction of sp³-hybridized carbons (Fsp3) is 0.0909. The summed E-state index contributed by atoms with van der Waals surface area (Å²) in [5.41, 5.74) is 1.24. The van der Waals surface area contributed by atoms with Gasteiger partial charge in [-0.25, -0.2) is 4.39 Å². The van der Waals surface area contributed by atoms with Gasteiger partial charge in [-0.1, -0.05) is 78.9 Å². The van der Waals surface area contributed by atoms with Crippen LogP contribution in [0.4, 0.5) is 4.39 Å². The Morgan fingerprint density at radius 1 is 0.720 bits per heavy atom. The molecule has 0 aliphatic rings. The van der Waals surface area contributed by atoms with Crippen molar-refractivity contribution in [2.45, 2.75) is 12.3 Å². The van der Waals surface area contributed by atoms with E-state index in [0.717, 1.165) is 0 Å². The van der Waals surface area contributed by atoms with Crippen molar-refractivity contribution < 1.29 is 14.0 Å². The van der Waals surface area contributed by atoms with E-state index >= 15 is 0 Å². The van der Waals surface area contributed by atoms with Gasteiger partial charge in [-0.15, -0.1) is 0 Å². The summed E-state index contributed by atoms with van der Waals surface area (Å²) in [6.07, 6.45) is -0.0708. The quantitative estimate of drug-likeness (QED) is 0.591. The van der Waals surface area contributed by atoms with Crippen LogP contribution >= 0.6 is 0 Å². The predicted octanol–water partition coefficient (Wildman–Crippen LogP) is 5.07. The third-order valence-corrected chi connectivity index (χ3v) is 4.14. The second-order valence-electron chi connectivity index (χ2n) is 5.80. The minimum absolute atomic E-state index is 0.0708. The molecule has 1 atom stereocenters. The molecule has 0 aliphatic carbocycles. The van der Waals surface area contributed by atoms with E-state index in [-0.39, 0.29) is 23.6 Å². The topological polar surface area (TPSA) is 34.1 Å². The maximum atomic E-state index is 14.3. The van der Waals surface area contributed by atoms with Crippen molar-refractivity contribution in [1.29, 1.82) is 0 Å². The van der Waals surface area contributed by atoms with Crippen molar-refractivity contribution >= 4 is 11.6 Å². The van der Waals surface area contributed by atoms with Crippen molar-refractivity contribution in [3.05, 3.63) is 107 Å². The van der Waals surface area contributed by atoms with Crippen LogP contribution in [0.1, 0.15) is 38.6 Å². The monoisotopic (exact) mass is 332 g/mol. The largest absolute Gasteiger partial charge is 0.294 e. The molecule has 124 valence electrons. The van der Waals surface area contributed by atoms with Crippen LogP contribution in [0.15, 0.2) is 84.9 Å². The molecule has 0 saturated carbocycles. The zero-order valence-electron chi connectivity index (χ0n) is 13.6. The van der Waals surface area contributed by atoms with Gasteiger partial charge in [0.1, 0.15) is 5.82 Å². The average Bonchev–Trinajstić information content (AvgIpc) is 2.67. The van der Waals surface area contributed by atoms with Gasteiger partial charge in [-0.05, 0) is 11.6 Å². The maximum Gasteiger partial charge on any atom is 0.170 e. The molecule has 0 saturated heterocycles. The standard InChI is InChI=1S/C22H17FO2/c23-20-14-8-7-13-18(20)19(22(25)17-11-5-2-6-12-17)15-21(24)16-9-3-1-4-10-16/h1-14,19H,15H2. The second-order valence-corrected chi connectivity index (χ2v) is 5.80. The second kappa shape index (κ2) is 7.67. The Kier molecular flexibility index (Phi) is 5.14. The molecule has 0 fully saturated rings.